The van der Waals surface area contributed by atoms with Crippen molar-refractivity contribution in [1.29, 1.82) is 0 Å². The maximum atomic E-state index is 3.68. The van der Waals surface area contributed by atoms with E-state index in [0.29, 0.717) is 0 Å². The van der Waals surface area contributed by atoms with Gasteiger partial charge in [-0.25, -0.2) is 0 Å². The third-order valence-corrected chi connectivity index (χ3v) is 0.785. The Bertz CT molecular complexity index is 197. The Morgan fingerprint density at radius 1 is 1.40 bits per heavy atom. The monoisotopic (exact) mass is 137 g/mol. The average molecular weight is 137 g/mol. The molecule has 0 amide bonds. The van der Waals surface area contributed by atoms with E-state index in [0.717, 1.165) is 5.69 Å². The van der Waals surface area contributed by atoms with Crippen molar-refractivity contribution in [2.24, 2.45) is 0 Å². The highest BCUT2D eigenvalue weighted by molar-refractivity contribution is 4.89. The number of aromatic amines is 1. The number of nitrogens with zero attached hydrogens (tertiary/aromatic N) is 2. The lowest BCUT2D eigenvalue weighted by Crippen LogP contribution is -1.66. The Morgan fingerprint density at radius 2 is 2.00 bits per heavy atom. The molecule has 54 valence electrons. The number of nitrogens with one attached hydrogen (secondary N) is 1. The number of rotatable bonds is 0. The van der Waals surface area contributed by atoms with Gasteiger partial charge in [0, 0.05) is 0 Å². The molecule has 3 heteroatoms. The largest absolute Gasteiger partial charge is 0.198 e. The summed E-state index contributed by atoms with van der Waals surface area (Å²) in [7, 11) is 0. The summed E-state index contributed by atoms with van der Waals surface area (Å²) in [5, 5.41) is 9.70. The van der Waals surface area contributed by atoms with Gasteiger partial charge in [-0.2, -0.15) is 15.4 Å². The zero-order valence-corrected chi connectivity index (χ0v) is 6.47. The first-order valence-corrected chi connectivity index (χ1v) is 2.97. The van der Waals surface area contributed by atoms with Gasteiger partial charge in [0.2, 0.25) is 0 Å². The predicted octanol–water partition coefficient (Wildman–Crippen LogP) is 1.14. The van der Waals surface area contributed by atoms with Crippen molar-refractivity contribution in [2.75, 3.05) is 0 Å². The lowest BCUT2D eigenvalue weighted by Gasteiger charge is -1.62. The number of H-pyrrole nitrogens is 1. The summed E-state index contributed by atoms with van der Waals surface area (Å²) in [5.74, 6) is 5.36. The summed E-state index contributed by atoms with van der Waals surface area (Å²) < 4.78 is 0. The first kappa shape index (κ1) is 8.70. The molecule has 0 radical (unpaired) electrons. The molecule has 1 aromatic rings. The van der Waals surface area contributed by atoms with E-state index in [-0.39, 0.29) is 0 Å². The molecule has 1 heterocycles. The molecule has 0 atom stereocenters. The highest BCUT2D eigenvalue weighted by atomic mass is 15.3. The van der Waals surface area contributed by atoms with Crippen molar-refractivity contribution in [3.63, 3.8) is 0 Å². The quantitative estimate of drug-likeness (QED) is 0.545. The van der Waals surface area contributed by atoms with Gasteiger partial charge in [-0.3, -0.25) is 0 Å². The summed E-state index contributed by atoms with van der Waals surface area (Å²) in [5.41, 5.74) is 0.926. The van der Waals surface area contributed by atoms with E-state index in [4.69, 9.17) is 0 Å². The standard InChI is InChI=1S/C4H6.C3H5N3/c1-3-4-2;1-3-2-4-6-5-3/h1-2H3;2H,1H3,(H,4,5,6). The number of hydrogen-bond acceptors (Lipinski definition) is 2. The fourth-order valence-corrected chi connectivity index (χ4v) is 0.259. The molecule has 0 spiro atoms. The van der Waals surface area contributed by atoms with E-state index in [9.17, 15) is 0 Å². The summed E-state index contributed by atoms with van der Waals surface area (Å²) in [4.78, 5) is 0. The number of hydrogen-bond donors (Lipinski definition) is 1. The lowest BCUT2D eigenvalue weighted by atomic mass is 10.6. The Balaban J connectivity index is 0.000000180. The Morgan fingerprint density at radius 3 is 2.10 bits per heavy atom. The summed E-state index contributed by atoms with van der Waals surface area (Å²) in [6.07, 6.45) is 1.67. The Kier molecular flexibility index (Phi) is 5.07. The van der Waals surface area contributed by atoms with Gasteiger partial charge in [-0.15, -0.1) is 11.8 Å². The molecule has 1 aromatic heterocycles. The summed E-state index contributed by atoms with van der Waals surface area (Å²) in [6.45, 7) is 5.52. The molecular formula is C7H11N3. The van der Waals surface area contributed by atoms with Crippen LogP contribution in [0.5, 0.6) is 0 Å². The van der Waals surface area contributed by atoms with Gasteiger partial charge in [0.25, 0.3) is 0 Å². The van der Waals surface area contributed by atoms with Gasteiger partial charge in [-0.1, -0.05) is 0 Å². The molecular weight excluding hydrogens is 126 g/mol. The average Bonchev–Trinajstić information content (AvgIpc) is 2.40. The molecule has 0 aliphatic rings. The first-order chi connectivity index (χ1) is 4.81. The molecule has 0 aliphatic heterocycles. The SMILES string of the molecule is CC#CC.Cc1cn[nH]n1. The molecule has 1 rings (SSSR count). The van der Waals surface area contributed by atoms with Crippen molar-refractivity contribution in [3.05, 3.63) is 11.9 Å². The van der Waals surface area contributed by atoms with Gasteiger partial charge in [0.15, 0.2) is 0 Å². The third-order valence-electron chi connectivity index (χ3n) is 0.785. The van der Waals surface area contributed by atoms with E-state index in [1.807, 2.05) is 20.8 Å². The molecule has 0 fully saturated rings. The van der Waals surface area contributed by atoms with Gasteiger partial charge in [0.05, 0.1) is 11.9 Å². The lowest BCUT2D eigenvalue weighted by molar-refractivity contribution is 0.928. The molecule has 0 saturated carbocycles. The van der Waals surface area contributed by atoms with Crippen molar-refractivity contribution < 1.29 is 0 Å². The van der Waals surface area contributed by atoms with E-state index in [1.54, 1.807) is 6.20 Å². The normalized spacial score (nSPS) is 6.70. The molecule has 3 nitrogen and oxygen atoms in total. The van der Waals surface area contributed by atoms with Gasteiger partial charge < -0.3 is 0 Å². The van der Waals surface area contributed by atoms with E-state index >= 15 is 0 Å². The predicted molar refractivity (Wildman–Crippen MR) is 40.2 cm³/mol. The van der Waals surface area contributed by atoms with Crippen LogP contribution in [0.3, 0.4) is 0 Å². The molecule has 0 unspecified atom stereocenters. The summed E-state index contributed by atoms with van der Waals surface area (Å²) >= 11 is 0. The van der Waals surface area contributed by atoms with Crippen LogP contribution in [0.1, 0.15) is 19.5 Å². The van der Waals surface area contributed by atoms with Gasteiger partial charge in [0.1, 0.15) is 0 Å². The van der Waals surface area contributed by atoms with E-state index in [1.165, 1.54) is 0 Å². The van der Waals surface area contributed by atoms with Crippen LogP contribution < -0.4 is 0 Å². The summed E-state index contributed by atoms with van der Waals surface area (Å²) in [6, 6.07) is 0. The zero-order chi connectivity index (χ0) is 7.82. The molecule has 10 heavy (non-hydrogen) atoms. The fourth-order valence-electron chi connectivity index (χ4n) is 0.259. The number of aromatic nitrogens is 3. The van der Waals surface area contributed by atoms with Gasteiger partial charge >= 0.3 is 0 Å². The van der Waals surface area contributed by atoms with Crippen LogP contribution in [0.2, 0.25) is 0 Å². The second-order valence-corrected chi connectivity index (χ2v) is 1.61. The molecule has 0 aromatic carbocycles. The Hall–Kier alpha value is -1.30. The van der Waals surface area contributed by atoms with Crippen molar-refractivity contribution >= 4 is 0 Å². The third kappa shape index (κ3) is 4.85. The van der Waals surface area contributed by atoms with Crippen molar-refractivity contribution in [3.8, 4) is 11.8 Å². The fraction of sp³-hybridized carbons (Fsp3) is 0.429. The van der Waals surface area contributed by atoms with Crippen LogP contribution >= 0.6 is 0 Å². The minimum absolute atomic E-state index is 0.926. The minimum atomic E-state index is 0.926. The van der Waals surface area contributed by atoms with Crippen LogP contribution in [0.4, 0.5) is 0 Å². The highest BCUT2D eigenvalue weighted by Gasteiger charge is 1.76. The highest BCUT2D eigenvalue weighted by Crippen LogP contribution is 1.77. The smallest absolute Gasteiger partial charge is 0.0793 e. The molecule has 1 N–H and O–H groups in total. The van der Waals surface area contributed by atoms with Crippen LogP contribution in [0, 0.1) is 18.8 Å². The van der Waals surface area contributed by atoms with Crippen molar-refractivity contribution in [1.82, 2.24) is 15.4 Å². The van der Waals surface area contributed by atoms with Gasteiger partial charge in [-0.05, 0) is 20.8 Å². The van der Waals surface area contributed by atoms with Crippen LogP contribution in [-0.2, 0) is 0 Å². The number of aryl methyl sites for hydroxylation is 1. The second kappa shape index (κ2) is 5.83. The van der Waals surface area contributed by atoms with Crippen LogP contribution in [0.15, 0.2) is 6.20 Å². The van der Waals surface area contributed by atoms with Crippen molar-refractivity contribution in [2.45, 2.75) is 20.8 Å². The van der Waals surface area contributed by atoms with Crippen LogP contribution in [0.25, 0.3) is 0 Å². The Labute approximate surface area is 60.8 Å². The van der Waals surface area contributed by atoms with Crippen LogP contribution in [-0.4, -0.2) is 15.4 Å². The van der Waals surface area contributed by atoms with E-state index in [2.05, 4.69) is 27.3 Å². The zero-order valence-electron chi connectivity index (χ0n) is 6.47. The second-order valence-electron chi connectivity index (χ2n) is 1.61. The molecule has 0 aliphatic carbocycles. The minimum Gasteiger partial charge on any atom is -0.198 e. The van der Waals surface area contributed by atoms with E-state index < -0.39 is 0 Å². The molecule has 0 bridgehead atoms. The molecule has 0 saturated heterocycles. The first-order valence-electron chi connectivity index (χ1n) is 2.97. The topological polar surface area (TPSA) is 41.6 Å². The maximum absolute atomic E-state index is 3.68. The maximum Gasteiger partial charge on any atom is 0.0793 e.